The molecule has 0 N–H and O–H groups in total. The van der Waals surface area contributed by atoms with Gasteiger partial charge in [-0.05, 0) is 42.8 Å². The van der Waals surface area contributed by atoms with Crippen LogP contribution in [0.15, 0.2) is 72.8 Å². The van der Waals surface area contributed by atoms with E-state index in [0.717, 1.165) is 0 Å². The molecule has 0 radical (unpaired) electrons. The Bertz CT molecular complexity index is 918. The van der Waals surface area contributed by atoms with Gasteiger partial charge in [-0.1, -0.05) is 36.4 Å². The van der Waals surface area contributed by atoms with Gasteiger partial charge in [-0.25, -0.2) is 4.98 Å². The van der Waals surface area contributed by atoms with Crippen LogP contribution in [-0.4, -0.2) is 23.5 Å². The van der Waals surface area contributed by atoms with Crippen molar-refractivity contribution >= 4 is 11.8 Å². The monoisotopic (exact) mass is 433 g/mol. The minimum atomic E-state index is -4.33. The van der Waals surface area contributed by atoms with E-state index >= 15 is 0 Å². The van der Waals surface area contributed by atoms with Crippen molar-refractivity contribution in [2.75, 3.05) is 12.4 Å². The summed E-state index contributed by atoms with van der Waals surface area (Å²) >= 11 is 1.20. The van der Waals surface area contributed by atoms with E-state index in [4.69, 9.17) is 9.47 Å². The van der Waals surface area contributed by atoms with Crippen LogP contribution in [0.3, 0.4) is 0 Å². The molecule has 1 unspecified atom stereocenters. The summed E-state index contributed by atoms with van der Waals surface area (Å²) in [5, 5.41) is 0. The average molecular weight is 433 g/mol. The number of para-hydroxylation sites is 1. The summed E-state index contributed by atoms with van der Waals surface area (Å²) in [5.74, 6) is 0.343. The Labute approximate surface area is 178 Å². The minimum absolute atomic E-state index is 0.0943. The quantitative estimate of drug-likeness (QED) is 0.369. The molecule has 30 heavy (non-hydrogen) atoms. The van der Waals surface area contributed by atoms with Gasteiger partial charge in [-0.15, -0.1) is 0 Å². The van der Waals surface area contributed by atoms with Gasteiger partial charge in [0.2, 0.25) is 5.88 Å². The van der Waals surface area contributed by atoms with E-state index in [1.807, 2.05) is 37.3 Å². The fourth-order valence-electron chi connectivity index (χ4n) is 2.83. The smallest absolute Gasteiger partial charge is 0.396 e. The van der Waals surface area contributed by atoms with E-state index in [-0.39, 0.29) is 11.3 Å². The topological polar surface area (TPSA) is 31.4 Å². The Kier molecular flexibility index (Phi) is 7.63. The highest BCUT2D eigenvalue weighted by molar-refractivity contribution is 7.98. The lowest BCUT2D eigenvalue weighted by Crippen LogP contribution is -2.23. The number of alkyl halides is 3. The number of rotatable bonds is 9. The first-order valence-electron chi connectivity index (χ1n) is 9.51. The molecule has 1 heterocycles. The van der Waals surface area contributed by atoms with Crippen molar-refractivity contribution in [1.29, 1.82) is 0 Å². The summed E-state index contributed by atoms with van der Waals surface area (Å²) in [6.45, 7) is 2.30. The molecule has 3 nitrogen and oxygen atoms in total. The Hall–Kier alpha value is -2.67. The lowest BCUT2D eigenvalue weighted by molar-refractivity contribution is -0.145. The van der Waals surface area contributed by atoms with E-state index in [1.165, 1.54) is 23.9 Å². The molecule has 0 saturated heterocycles. The van der Waals surface area contributed by atoms with Crippen LogP contribution < -0.4 is 9.47 Å². The van der Waals surface area contributed by atoms with Crippen molar-refractivity contribution in [3.05, 3.63) is 84.1 Å². The molecule has 1 aromatic heterocycles. The largest absolute Gasteiger partial charge is 0.494 e. The van der Waals surface area contributed by atoms with Gasteiger partial charge in [-0.3, -0.25) is 0 Å². The molecule has 158 valence electrons. The van der Waals surface area contributed by atoms with Crippen molar-refractivity contribution in [2.45, 2.75) is 24.8 Å². The number of ether oxygens (including phenoxy) is 2. The summed E-state index contributed by atoms with van der Waals surface area (Å²) in [6.07, 6.45) is -4.33. The zero-order chi connectivity index (χ0) is 21.4. The predicted octanol–water partition coefficient (Wildman–Crippen LogP) is 6.85. The van der Waals surface area contributed by atoms with Crippen LogP contribution in [0.5, 0.6) is 17.4 Å². The fourth-order valence-corrected chi connectivity index (χ4v) is 3.93. The first kappa shape index (κ1) is 22.0. The van der Waals surface area contributed by atoms with Gasteiger partial charge in [0.05, 0.1) is 18.2 Å². The number of aromatic nitrogens is 1. The van der Waals surface area contributed by atoms with Gasteiger partial charge in [0, 0.05) is 17.6 Å². The van der Waals surface area contributed by atoms with E-state index in [2.05, 4.69) is 4.98 Å². The van der Waals surface area contributed by atoms with Crippen molar-refractivity contribution in [2.24, 2.45) is 0 Å². The van der Waals surface area contributed by atoms with Gasteiger partial charge in [0.15, 0.2) is 0 Å². The van der Waals surface area contributed by atoms with Crippen molar-refractivity contribution in [1.82, 2.24) is 4.98 Å². The molecule has 0 fully saturated rings. The number of thioether (sulfide) groups is 1. The van der Waals surface area contributed by atoms with E-state index in [1.54, 1.807) is 30.3 Å². The third-order valence-corrected chi connectivity index (χ3v) is 5.34. The molecule has 3 rings (SSSR count). The SMILES string of the molecule is CCOc1ccc(C(CSCc2cccc(Oc3ccccc3)n2)C(F)(F)F)cc1. The molecule has 0 amide bonds. The second-order valence-corrected chi connectivity index (χ2v) is 7.52. The minimum Gasteiger partial charge on any atom is -0.494 e. The van der Waals surface area contributed by atoms with Crippen LogP contribution in [0, 0.1) is 0 Å². The normalized spacial score (nSPS) is 12.4. The number of hydrogen-bond acceptors (Lipinski definition) is 4. The third kappa shape index (κ3) is 6.42. The molecule has 3 aromatic rings. The van der Waals surface area contributed by atoms with Crippen LogP contribution in [0.1, 0.15) is 24.1 Å². The molecule has 1 atom stereocenters. The highest BCUT2D eigenvalue weighted by Crippen LogP contribution is 2.38. The highest BCUT2D eigenvalue weighted by Gasteiger charge is 2.40. The van der Waals surface area contributed by atoms with Gasteiger partial charge in [-0.2, -0.15) is 24.9 Å². The Morgan fingerprint density at radius 1 is 0.900 bits per heavy atom. The van der Waals surface area contributed by atoms with Gasteiger partial charge in [0.1, 0.15) is 11.5 Å². The van der Waals surface area contributed by atoms with E-state index in [0.29, 0.717) is 35.4 Å². The standard InChI is InChI=1S/C23H22F3NO2S/c1-2-28-19-13-11-17(12-14-19)21(23(24,25)26)16-30-15-18-7-6-10-22(27-18)29-20-8-4-3-5-9-20/h3-14,21H,2,15-16H2,1H3. The fraction of sp³-hybridized carbons (Fsp3) is 0.261. The zero-order valence-electron chi connectivity index (χ0n) is 16.4. The summed E-state index contributed by atoms with van der Waals surface area (Å²) < 4.78 is 51.8. The molecule has 0 aliphatic carbocycles. The van der Waals surface area contributed by atoms with Crippen molar-refractivity contribution in [3.8, 4) is 17.4 Å². The van der Waals surface area contributed by atoms with Crippen LogP contribution in [0.2, 0.25) is 0 Å². The summed E-state index contributed by atoms with van der Waals surface area (Å²) in [6, 6.07) is 20.6. The lowest BCUT2D eigenvalue weighted by atomic mass is 10.0. The van der Waals surface area contributed by atoms with Crippen molar-refractivity contribution in [3.63, 3.8) is 0 Å². The maximum Gasteiger partial charge on any atom is 0.396 e. The van der Waals surface area contributed by atoms with Gasteiger partial charge >= 0.3 is 6.18 Å². The number of pyridine rings is 1. The molecule has 0 aliphatic heterocycles. The van der Waals surface area contributed by atoms with Gasteiger partial charge < -0.3 is 9.47 Å². The van der Waals surface area contributed by atoms with Crippen LogP contribution in [0.25, 0.3) is 0 Å². The number of benzene rings is 2. The predicted molar refractivity (Wildman–Crippen MR) is 113 cm³/mol. The summed E-state index contributed by atoms with van der Waals surface area (Å²) in [4.78, 5) is 4.39. The molecule has 0 saturated carbocycles. The maximum absolute atomic E-state index is 13.6. The Balaban J connectivity index is 1.62. The second-order valence-electron chi connectivity index (χ2n) is 6.49. The average Bonchev–Trinajstić information content (AvgIpc) is 2.72. The molecular formula is C23H22F3NO2S. The van der Waals surface area contributed by atoms with E-state index in [9.17, 15) is 13.2 Å². The van der Waals surface area contributed by atoms with E-state index < -0.39 is 12.1 Å². The third-order valence-electron chi connectivity index (χ3n) is 4.27. The number of halogens is 3. The number of hydrogen-bond donors (Lipinski definition) is 0. The lowest BCUT2D eigenvalue weighted by Gasteiger charge is -2.20. The Morgan fingerprint density at radius 3 is 2.30 bits per heavy atom. The van der Waals surface area contributed by atoms with Crippen LogP contribution in [-0.2, 0) is 5.75 Å². The highest BCUT2D eigenvalue weighted by atomic mass is 32.2. The molecule has 0 spiro atoms. The Morgan fingerprint density at radius 2 is 1.63 bits per heavy atom. The van der Waals surface area contributed by atoms with Crippen LogP contribution in [0.4, 0.5) is 13.2 Å². The first-order valence-corrected chi connectivity index (χ1v) is 10.7. The van der Waals surface area contributed by atoms with Crippen LogP contribution >= 0.6 is 11.8 Å². The molecular weight excluding hydrogens is 411 g/mol. The molecule has 7 heteroatoms. The number of nitrogens with zero attached hydrogens (tertiary/aromatic N) is 1. The summed E-state index contributed by atoms with van der Waals surface area (Å²) in [5.41, 5.74) is 0.897. The summed E-state index contributed by atoms with van der Waals surface area (Å²) in [7, 11) is 0. The molecule has 0 bridgehead atoms. The first-order chi connectivity index (χ1) is 14.5. The zero-order valence-corrected chi connectivity index (χ0v) is 17.2. The van der Waals surface area contributed by atoms with Gasteiger partial charge in [0.25, 0.3) is 0 Å². The van der Waals surface area contributed by atoms with Crippen molar-refractivity contribution < 1.29 is 22.6 Å². The second kappa shape index (κ2) is 10.4. The maximum atomic E-state index is 13.6. The molecule has 2 aromatic carbocycles. The molecule has 0 aliphatic rings.